The molecule has 1 aliphatic heterocycles. The van der Waals surface area contributed by atoms with Crippen LogP contribution >= 0.6 is 0 Å². The molecule has 0 amide bonds. The summed E-state index contributed by atoms with van der Waals surface area (Å²) >= 11 is 0. The second-order valence-corrected chi connectivity index (χ2v) is 6.19. The Morgan fingerprint density at radius 3 is 2.83 bits per heavy atom. The molecule has 2 aromatic heterocycles. The molecule has 1 atom stereocenters. The summed E-state index contributed by atoms with van der Waals surface area (Å²) in [5.41, 5.74) is 2.07. The number of benzene rings is 1. The van der Waals surface area contributed by atoms with E-state index in [9.17, 15) is 4.39 Å². The highest BCUT2D eigenvalue weighted by atomic mass is 19.1. The molecule has 0 spiro atoms. The van der Waals surface area contributed by atoms with Crippen LogP contribution in [0.4, 0.5) is 4.39 Å². The zero-order chi connectivity index (χ0) is 16.5. The van der Waals surface area contributed by atoms with Gasteiger partial charge in [-0.25, -0.2) is 4.39 Å². The average Bonchev–Trinajstić information content (AvgIpc) is 3.30. The van der Waals surface area contributed by atoms with E-state index >= 15 is 0 Å². The van der Waals surface area contributed by atoms with Crippen LogP contribution in [0, 0.1) is 5.82 Å². The number of aromatic nitrogens is 3. The van der Waals surface area contributed by atoms with Gasteiger partial charge in [0.1, 0.15) is 5.82 Å². The lowest BCUT2D eigenvalue weighted by molar-refractivity contribution is 0.207. The third kappa shape index (κ3) is 2.85. The predicted octanol–water partition coefficient (Wildman–Crippen LogP) is 3.55. The number of aryl methyl sites for hydroxylation is 1. The van der Waals surface area contributed by atoms with Crippen LogP contribution in [0.2, 0.25) is 0 Å². The maximum absolute atomic E-state index is 13.0. The van der Waals surface area contributed by atoms with Crippen LogP contribution in [0.3, 0.4) is 0 Å². The molecular weight excluding hydrogens is 307 g/mol. The maximum atomic E-state index is 13.0. The van der Waals surface area contributed by atoms with Crippen LogP contribution in [0.5, 0.6) is 0 Å². The third-order valence-corrected chi connectivity index (χ3v) is 4.60. The number of nitrogens with zero attached hydrogens (tertiary/aromatic N) is 4. The van der Waals surface area contributed by atoms with E-state index in [1.54, 1.807) is 12.1 Å². The Morgan fingerprint density at radius 1 is 1.25 bits per heavy atom. The van der Waals surface area contributed by atoms with Gasteiger partial charge in [-0.1, -0.05) is 5.16 Å². The molecule has 124 valence electrons. The van der Waals surface area contributed by atoms with Crippen LogP contribution < -0.4 is 0 Å². The first kappa shape index (κ1) is 15.1. The molecule has 0 bridgehead atoms. The second-order valence-electron chi connectivity index (χ2n) is 6.19. The Kier molecular flexibility index (Phi) is 3.90. The van der Waals surface area contributed by atoms with E-state index in [1.807, 2.05) is 0 Å². The van der Waals surface area contributed by atoms with Gasteiger partial charge in [-0.3, -0.25) is 4.90 Å². The fourth-order valence-electron chi connectivity index (χ4n) is 3.38. The van der Waals surface area contributed by atoms with Crippen molar-refractivity contribution in [3.05, 3.63) is 60.0 Å². The molecule has 0 unspecified atom stereocenters. The van der Waals surface area contributed by atoms with E-state index in [1.165, 1.54) is 17.8 Å². The highest BCUT2D eigenvalue weighted by Gasteiger charge is 2.29. The summed E-state index contributed by atoms with van der Waals surface area (Å²) in [5.74, 6) is 0.819. The molecule has 0 aliphatic carbocycles. The first-order valence-electron chi connectivity index (χ1n) is 8.14. The summed E-state index contributed by atoms with van der Waals surface area (Å²) in [6.45, 7) is 1.65. The second kappa shape index (κ2) is 6.20. The van der Waals surface area contributed by atoms with Crippen molar-refractivity contribution in [3.8, 4) is 11.4 Å². The van der Waals surface area contributed by atoms with Crippen molar-refractivity contribution in [1.29, 1.82) is 0 Å². The first-order valence-corrected chi connectivity index (χ1v) is 8.14. The molecule has 0 saturated carbocycles. The van der Waals surface area contributed by atoms with Gasteiger partial charge in [-0.05, 0) is 55.8 Å². The van der Waals surface area contributed by atoms with Gasteiger partial charge < -0.3 is 9.09 Å². The minimum absolute atomic E-state index is 0.273. The SMILES string of the molecule is Cn1cccc1[C@@H]1CCCN1Cc1nc(-c2ccc(F)cc2)no1. The fraction of sp³-hybridized carbons (Fsp3) is 0.333. The Hall–Kier alpha value is -2.47. The van der Waals surface area contributed by atoms with Gasteiger partial charge in [-0.2, -0.15) is 4.98 Å². The number of halogens is 1. The Labute approximate surface area is 139 Å². The van der Waals surface area contributed by atoms with Crippen LogP contribution in [-0.2, 0) is 13.6 Å². The van der Waals surface area contributed by atoms with Crippen LogP contribution in [0.1, 0.15) is 30.5 Å². The number of hydrogen-bond donors (Lipinski definition) is 0. The lowest BCUT2D eigenvalue weighted by Gasteiger charge is -2.23. The zero-order valence-electron chi connectivity index (χ0n) is 13.5. The summed E-state index contributed by atoms with van der Waals surface area (Å²) in [7, 11) is 2.07. The normalized spacial score (nSPS) is 18.3. The van der Waals surface area contributed by atoms with Crippen LogP contribution in [-0.4, -0.2) is 26.2 Å². The first-order chi connectivity index (χ1) is 11.7. The molecule has 1 aromatic carbocycles. The molecule has 0 radical (unpaired) electrons. The molecule has 3 heterocycles. The Balaban J connectivity index is 1.51. The molecule has 5 nitrogen and oxygen atoms in total. The standard InChI is InChI=1S/C18H19FN4O/c1-22-10-2-4-15(22)16-5-3-11-23(16)12-17-20-18(21-24-17)13-6-8-14(19)9-7-13/h2,4,6-10,16H,3,5,11-12H2,1H3/t16-/m0/s1. The largest absolute Gasteiger partial charge is 0.353 e. The lowest BCUT2D eigenvalue weighted by Crippen LogP contribution is -2.24. The molecule has 0 N–H and O–H groups in total. The van der Waals surface area contributed by atoms with Crippen LogP contribution in [0.25, 0.3) is 11.4 Å². The van der Waals surface area contributed by atoms with E-state index < -0.39 is 0 Å². The summed E-state index contributed by atoms with van der Waals surface area (Å²) in [4.78, 5) is 6.84. The summed E-state index contributed by atoms with van der Waals surface area (Å²) in [5, 5.41) is 4.02. The quantitative estimate of drug-likeness (QED) is 0.735. The fourth-order valence-corrected chi connectivity index (χ4v) is 3.38. The van der Waals surface area contributed by atoms with E-state index in [0.717, 1.165) is 24.9 Å². The molecular formula is C18H19FN4O. The Morgan fingerprint density at radius 2 is 2.08 bits per heavy atom. The van der Waals surface area contributed by atoms with Gasteiger partial charge in [0.2, 0.25) is 11.7 Å². The van der Waals surface area contributed by atoms with Crippen molar-refractivity contribution in [3.63, 3.8) is 0 Å². The highest BCUT2D eigenvalue weighted by Crippen LogP contribution is 2.33. The van der Waals surface area contributed by atoms with E-state index in [0.29, 0.717) is 24.3 Å². The van der Waals surface area contributed by atoms with Gasteiger partial charge in [0.15, 0.2) is 0 Å². The lowest BCUT2D eigenvalue weighted by atomic mass is 10.1. The molecule has 4 rings (SSSR count). The predicted molar refractivity (Wildman–Crippen MR) is 87.5 cm³/mol. The highest BCUT2D eigenvalue weighted by molar-refractivity contribution is 5.53. The van der Waals surface area contributed by atoms with Crippen molar-refractivity contribution in [2.75, 3.05) is 6.54 Å². The number of hydrogen-bond acceptors (Lipinski definition) is 4. The molecule has 3 aromatic rings. The monoisotopic (exact) mass is 326 g/mol. The van der Waals surface area contributed by atoms with Crippen molar-refractivity contribution in [2.24, 2.45) is 7.05 Å². The van der Waals surface area contributed by atoms with E-state index in [2.05, 4.69) is 45.0 Å². The van der Waals surface area contributed by atoms with Crippen molar-refractivity contribution in [1.82, 2.24) is 19.6 Å². The molecule has 1 saturated heterocycles. The Bertz CT molecular complexity index is 824. The number of likely N-dealkylation sites (tertiary alicyclic amines) is 1. The minimum atomic E-state index is -0.273. The number of rotatable bonds is 4. The van der Waals surface area contributed by atoms with Gasteiger partial charge in [0.25, 0.3) is 0 Å². The van der Waals surface area contributed by atoms with Crippen molar-refractivity contribution >= 4 is 0 Å². The van der Waals surface area contributed by atoms with E-state index in [4.69, 9.17) is 4.52 Å². The molecule has 24 heavy (non-hydrogen) atoms. The summed E-state index contributed by atoms with van der Waals surface area (Å²) < 4.78 is 20.6. The third-order valence-electron chi connectivity index (χ3n) is 4.60. The molecule has 1 fully saturated rings. The van der Waals surface area contributed by atoms with Gasteiger partial charge in [0, 0.05) is 24.5 Å². The smallest absolute Gasteiger partial charge is 0.241 e. The maximum Gasteiger partial charge on any atom is 0.241 e. The topological polar surface area (TPSA) is 47.1 Å². The summed E-state index contributed by atoms with van der Waals surface area (Å²) in [6.07, 6.45) is 4.37. The van der Waals surface area contributed by atoms with Gasteiger partial charge in [-0.15, -0.1) is 0 Å². The zero-order valence-corrected chi connectivity index (χ0v) is 13.5. The van der Waals surface area contributed by atoms with Crippen molar-refractivity contribution < 1.29 is 8.91 Å². The van der Waals surface area contributed by atoms with Crippen molar-refractivity contribution in [2.45, 2.75) is 25.4 Å². The molecule has 1 aliphatic rings. The summed E-state index contributed by atoms with van der Waals surface area (Å²) in [6, 6.07) is 10.7. The van der Waals surface area contributed by atoms with Gasteiger partial charge >= 0.3 is 0 Å². The minimum Gasteiger partial charge on any atom is -0.353 e. The van der Waals surface area contributed by atoms with E-state index in [-0.39, 0.29) is 5.82 Å². The van der Waals surface area contributed by atoms with Gasteiger partial charge in [0.05, 0.1) is 12.6 Å². The molecule has 6 heteroatoms. The van der Waals surface area contributed by atoms with Crippen LogP contribution in [0.15, 0.2) is 47.1 Å². The average molecular weight is 326 g/mol.